The number of hydrogen-bond donors (Lipinski definition) is 1. The van der Waals surface area contributed by atoms with Crippen molar-refractivity contribution in [1.29, 1.82) is 0 Å². The van der Waals surface area contributed by atoms with Crippen LogP contribution in [0.2, 0.25) is 5.02 Å². The van der Waals surface area contributed by atoms with Gasteiger partial charge in [-0.1, -0.05) is 90.8 Å². The molecule has 0 saturated heterocycles. The molecule has 0 spiro atoms. The molecule has 0 aromatic heterocycles. The van der Waals surface area contributed by atoms with E-state index in [-0.39, 0.29) is 23.6 Å². The lowest BCUT2D eigenvalue weighted by atomic mass is 10.0. The molecule has 0 aliphatic rings. The minimum absolute atomic E-state index is 0.0314. The van der Waals surface area contributed by atoms with Gasteiger partial charge in [-0.05, 0) is 49.1 Å². The van der Waals surface area contributed by atoms with Crippen LogP contribution in [0.25, 0.3) is 0 Å². The molecule has 3 aromatic rings. The second kappa shape index (κ2) is 14.1. The second-order valence-corrected chi connectivity index (χ2v) is 10.6. The summed E-state index contributed by atoms with van der Waals surface area (Å²) in [6.45, 7) is 6.45. The molecule has 4 nitrogen and oxygen atoms in total. The van der Waals surface area contributed by atoms with Gasteiger partial charge in [0.1, 0.15) is 6.04 Å². The van der Waals surface area contributed by atoms with E-state index in [4.69, 9.17) is 11.6 Å². The van der Waals surface area contributed by atoms with E-state index in [1.54, 1.807) is 4.90 Å². The van der Waals surface area contributed by atoms with E-state index in [0.29, 0.717) is 23.7 Å². The van der Waals surface area contributed by atoms with Gasteiger partial charge in [0, 0.05) is 29.8 Å². The minimum atomic E-state index is -0.610. The number of thioether (sulfide) groups is 1. The summed E-state index contributed by atoms with van der Waals surface area (Å²) in [5.74, 6) is 0.783. The van der Waals surface area contributed by atoms with Crippen molar-refractivity contribution >= 4 is 35.2 Å². The van der Waals surface area contributed by atoms with Crippen molar-refractivity contribution in [3.8, 4) is 0 Å². The summed E-state index contributed by atoms with van der Waals surface area (Å²) in [6, 6.07) is 25.1. The van der Waals surface area contributed by atoms with Crippen molar-refractivity contribution in [2.24, 2.45) is 0 Å². The van der Waals surface area contributed by atoms with Crippen LogP contribution in [-0.4, -0.2) is 34.6 Å². The van der Waals surface area contributed by atoms with Crippen LogP contribution >= 0.6 is 23.4 Å². The van der Waals surface area contributed by atoms with Crippen molar-refractivity contribution < 1.29 is 9.59 Å². The highest BCUT2D eigenvalue weighted by molar-refractivity contribution is 7.99. The van der Waals surface area contributed by atoms with Crippen molar-refractivity contribution in [3.05, 3.63) is 106 Å². The van der Waals surface area contributed by atoms with Gasteiger partial charge in [-0.3, -0.25) is 9.59 Å². The van der Waals surface area contributed by atoms with E-state index in [1.165, 1.54) is 11.8 Å². The summed E-state index contributed by atoms with van der Waals surface area (Å²) in [7, 11) is 0. The lowest BCUT2D eigenvalue weighted by Gasteiger charge is -2.32. The third kappa shape index (κ3) is 8.72. The SMILES string of the molecule is CC[C@H](C)NC(=O)[C@@H](Cc1ccccc1)N(Cc1cccc(C)c1)C(=O)CSCc1cccc(Cl)c1. The van der Waals surface area contributed by atoms with Crippen LogP contribution in [0.3, 0.4) is 0 Å². The fourth-order valence-corrected chi connectivity index (χ4v) is 5.04. The Morgan fingerprint density at radius 2 is 1.64 bits per heavy atom. The van der Waals surface area contributed by atoms with E-state index in [2.05, 4.69) is 11.4 Å². The zero-order valence-corrected chi connectivity index (χ0v) is 22.8. The molecule has 0 bridgehead atoms. The molecule has 36 heavy (non-hydrogen) atoms. The molecule has 0 radical (unpaired) electrons. The number of hydrogen-bond acceptors (Lipinski definition) is 3. The molecule has 2 atom stereocenters. The standard InChI is InChI=1S/C30H35ClN2O2S/c1-4-23(3)32-30(35)28(18-24-11-6-5-7-12-24)33(19-25-13-8-10-22(2)16-25)29(34)21-36-20-26-14-9-15-27(31)17-26/h5-17,23,28H,4,18-21H2,1-3H3,(H,32,35)/t23-,28+/m0/s1. The van der Waals surface area contributed by atoms with Gasteiger partial charge in [-0.15, -0.1) is 11.8 Å². The molecular weight excluding hydrogens is 488 g/mol. The molecule has 1 N–H and O–H groups in total. The maximum absolute atomic E-state index is 13.7. The number of aryl methyl sites for hydroxylation is 1. The first-order chi connectivity index (χ1) is 17.4. The summed E-state index contributed by atoms with van der Waals surface area (Å²) in [6.07, 6.45) is 1.28. The van der Waals surface area contributed by atoms with Crippen LogP contribution in [-0.2, 0) is 28.3 Å². The third-order valence-electron chi connectivity index (χ3n) is 6.09. The maximum atomic E-state index is 13.7. The van der Waals surface area contributed by atoms with E-state index in [0.717, 1.165) is 28.7 Å². The van der Waals surface area contributed by atoms with Gasteiger partial charge < -0.3 is 10.2 Å². The monoisotopic (exact) mass is 522 g/mol. The molecule has 3 rings (SSSR count). The van der Waals surface area contributed by atoms with Crippen LogP contribution in [0.15, 0.2) is 78.9 Å². The molecule has 0 saturated carbocycles. The van der Waals surface area contributed by atoms with Gasteiger partial charge in [0.15, 0.2) is 0 Å². The normalized spacial score (nSPS) is 12.6. The number of rotatable bonds is 12. The third-order valence-corrected chi connectivity index (χ3v) is 7.31. The van der Waals surface area contributed by atoms with Gasteiger partial charge in [-0.2, -0.15) is 0 Å². The lowest BCUT2D eigenvalue weighted by Crippen LogP contribution is -2.52. The van der Waals surface area contributed by atoms with Gasteiger partial charge in [0.25, 0.3) is 0 Å². The molecule has 0 aliphatic heterocycles. The number of nitrogens with zero attached hydrogens (tertiary/aromatic N) is 1. The molecule has 2 amide bonds. The first-order valence-corrected chi connectivity index (χ1v) is 13.9. The summed E-state index contributed by atoms with van der Waals surface area (Å²) in [4.78, 5) is 29.0. The molecule has 190 valence electrons. The van der Waals surface area contributed by atoms with Crippen molar-refractivity contribution in [1.82, 2.24) is 10.2 Å². The number of amides is 2. The topological polar surface area (TPSA) is 49.4 Å². The van der Waals surface area contributed by atoms with Gasteiger partial charge >= 0.3 is 0 Å². The molecule has 3 aromatic carbocycles. The highest BCUT2D eigenvalue weighted by atomic mass is 35.5. The van der Waals surface area contributed by atoms with Gasteiger partial charge in [0.05, 0.1) is 5.75 Å². The van der Waals surface area contributed by atoms with Gasteiger partial charge in [-0.25, -0.2) is 0 Å². The van der Waals surface area contributed by atoms with Crippen LogP contribution in [0.1, 0.15) is 42.5 Å². The molecule has 0 aliphatic carbocycles. The summed E-state index contributed by atoms with van der Waals surface area (Å²) < 4.78 is 0. The number of carbonyl (C=O) groups excluding carboxylic acids is 2. The van der Waals surface area contributed by atoms with Crippen LogP contribution in [0, 0.1) is 6.92 Å². The van der Waals surface area contributed by atoms with E-state index in [9.17, 15) is 9.59 Å². The predicted octanol–water partition coefficient (Wildman–Crippen LogP) is 6.44. The smallest absolute Gasteiger partial charge is 0.243 e. The first kappa shape index (κ1) is 27.8. The largest absolute Gasteiger partial charge is 0.352 e. The Morgan fingerprint density at radius 3 is 2.33 bits per heavy atom. The lowest BCUT2D eigenvalue weighted by molar-refractivity contribution is -0.139. The maximum Gasteiger partial charge on any atom is 0.243 e. The zero-order valence-electron chi connectivity index (χ0n) is 21.2. The molecule has 0 unspecified atom stereocenters. The molecule has 0 heterocycles. The Kier molecular flexibility index (Phi) is 10.9. The van der Waals surface area contributed by atoms with Gasteiger partial charge in [0.2, 0.25) is 11.8 Å². The number of halogens is 1. The Hall–Kier alpha value is -2.76. The molecule has 6 heteroatoms. The summed E-state index contributed by atoms with van der Waals surface area (Å²) in [5.41, 5.74) is 4.23. The fourth-order valence-electron chi connectivity index (χ4n) is 3.97. The Bertz CT molecular complexity index is 1140. The van der Waals surface area contributed by atoms with Crippen LogP contribution in [0.4, 0.5) is 0 Å². The van der Waals surface area contributed by atoms with E-state index < -0.39 is 6.04 Å². The first-order valence-electron chi connectivity index (χ1n) is 12.4. The fraction of sp³-hybridized carbons (Fsp3) is 0.333. The Morgan fingerprint density at radius 1 is 0.944 bits per heavy atom. The second-order valence-electron chi connectivity index (χ2n) is 9.16. The number of benzene rings is 3. The molecule has 0 fully saturated rings. The Labute approximate surface area is 224 Å². The Balaban J connectivity index is 1.85. The van der Waals surface area contributed by atoms with E-state index in [1.807, 2.05) is 93.6 Å². The van der Waals surface area contributed by atoms with Crippen molar-refractivity contribution in [3.63, 3.8) is 0 Å². The highest BCUT2D eigenvalue weighted by Crippen LogP contribution is 2.20. The summed E-state index contributed by atoms with van der Waals surface area (Å²) in [5, 5.41) is 3.80. The predicted molar refractivity (Wildman–Crippen MR) is 151 cm³/mol. The number of carbonyl (C=O) groups is 2. The zero-order chi connectivity index (χ0) is 25.9. The van der Waals surface area contributed by atoms with Crippen molar-refractivity contribution in [2.75, 3.05) is 5.75 Å². The van der Waals surface area contributed by atoms with Crippen molar-refractivity contribution in [2.45, 2.75) is 58.0 Å². The van der Waals surface area contributed by atoms with Crippen LogP contribution in [0.5, 0.6) is 0 Å². The average Bonchev–Trinajstić information content (AvgIpc) is 2.86. The minimum Gasteiger partial charge on any atom is -0.352 e. The van der Waals surface area contributed by atoms with Crippen LogP contribution < -0.4 is 5.32 Å². The van der Waals surface area contributed by atoms with E-state index >= 15 is 0 Å². The quantitative estimate of drug-likeness (QED) is 0.298. The number of nitrogens with one attached hydrogen (secondary N) is 1. The average molecular weight is 523 g/mol. The highest BCUT2D eigenvalue weighted by Gasteiger charge is 2.30. The molecular formula is C30H35ClN2O2S. The summed E-state index contributed by atoms with van der Waals surface area (Å²) >= 11 is 7.66.